The molecule has 0 spiro atoms. The lowest BCUT2D eigenvalue weighted by Gasteiger charge is -2.28. The Hall–Kier alpha value is -2.26. The van der Waals surface area contributed by atoms with Crippen LogP contribution in [0, 0.1) is 6.92 Å². The molecule has 0 N–H and O–H groups in total. The van der Waals surface area contributed by atoms with Gasteiger partial charge in [0, 0.05) is 29.1 Å². The van der Waals surface area contributed by atoms with Crippen molar-refractivity contribution in [2.75, 3.05) is 6.54 Å². The first-order valence-corrected chi connectivity index (χ1v) is 8.50. The van der Waals surface area contributed by atoms with Crippen LogP contribution in [0.2, 0.25) is 5.02 Å². The Morgan fingerprint density at radius 2 is 2.04 bits per heavy atom. The van der Waals surface area contributed by atoms with Gasteiger partial charge < -0.3 is 9.32 Å². The molecule has 3 aromatic rings. The standard InChI is InChI=1S/C20H18ClNO2/c1-13-8-19-17(10-18(13)21)16(12-24-19)9-20(23)22-7-6-14-4-2-3-5-15(14)11-22/h2-5,8,10,12H,6-7,9,11H2,1H3. The quantitative estimate of drug-likeness (QED) is 0.687. The second kappa shape index (κ2) is 5.99. The van der Waals surface area contributed by atoms with Crippen molar-refractivity contribution in [3.05, 3.63) is 69.9 Å². The number of rotatable bonds is 2. The number of halogens is 1. The lowest BCUT2D eigenvalue weighted by Crippen LogP contribution is -2.36. The van der Waals surface area contributed by atoms with E-state index in [4.69, 9.17) is 16.0 Å². The minimum absolute atomic E-state index is 0.129. The van der Waals surface area contributed by atoms with Crippen LogP contribution in [-0.2, 0) is 24.2 Å². The SMILES string of the molecule is Cc1cc2occ(CC(=O)N3CCc4ccccc4C3)c2cc1Cl. The number of carbonyl (C=O) groups is 1. The normalized spacial score (nSPS) is 14.0. The molecule has 3 nitrogen and oxygen atoms in total. The van der Waals surface area contributed by atoms with Crippen molar-refractivity contribution in [3.63, 3.8) is 0 Å². The molecule has 0 bridgehead atoms. The summed E-state index contributed by atoms with van der Waals surface area (Å²) in [4.78, 5) is 14.6. The highest BCUT2D eigenvalue weighted by atomic mass is 35.5. The second-order valence-corrected chi connectivity index (χ2v) is 6.78. The van der Waals surface area contributed by atoms with Gasteiger partial charge in [-0.05, 0) is 42.2 Å². The van der Waals surface area contributed by atoms with Crippen LogP contribution in [-0.4, -0.2) is 17.4 Å². The highest BCUT2D eigenvalue weighted by Crippen LogP contribution is 2.28. The molecule has 4 rings (SSSR count). The molecule has 0 saturated carbocycles. The summed E-state index contributed by atoms with van der Waals surface area (Å²) in [5, 5.41) is 1.63. The maximum absolute atomic E-state index is 12.7. The number of hydrogen-bond donors (Lipinski definition) is 0. The molecule has 0 unspecified atom stereocenters. The van der Waals surface area contributed by atoms with Crippen molar-refractivity contribution < 1.29 is 9.21 Å². The van der Waals surface area contributed by atoms with Crippen molar-refractivity contribution >= 4 is 28.5 Å². The average Bonchev–Trinajstić information content (AvgIpc) is 2.96. The van der Waals surface area contributed by atoms with Gasteiger partial charge >= 0.3 is 0 Å². The number of nitrogens with zero attached hydrogens (tertiary/aromatic N) is 1. The van der Waals surface area contributed by atoms with E-state index in [0.29, 0.717) is 18.0 Å². The van der Waals surface area contributed by atoms with Crippen molar-refractivity contribution in [2.24, 2.45) is 0 Å². The Balaban J connectivity index is 1.56. The van der Waals surface area contributed by atoms with Gasteiger partial charge in [0.15, 0.2) is 0 Å². The van der Waals surface area contributed by atoms with Crippen LogP contribution in [0.5, 0.6) is 0 Å². The number of carbonyl (C=O) groups excluding carboxylic acids is 1. The zero-order chi connectivity index (χ0) is 16.7. The maximum atomic E-state index is 12.7. The summed E-state index contributed by atoms with van der Waals surface area (Å²) in [6, 6.07) is 12.1. The van der Waals surface area contributed by atoms with Gasteiger partial charge in [-0.25, -0.2) is 0 Å². The molecule has 122 valence electrons. The van der Waals surface area contributed by atoms with Crippen molar-refractivity contribution in [1.82, 2.24) is 4.90 Å². The number of aryl methyl sites for hydroxylation is 1. The van der Waals surface area contributed by atoms with Gasteiger partial charge in [-0.3, -0.25) is 4.79 Å². The molecule has 4 heteroatoms. The fourth-order valence-corrected chi connectivity index (χ4v) is 3.49. The first-order chi connectivity index (χ1) is 11.6. The minimum Gasteiger partial charge on any atom is -0.464 e. The fraction of sp³-hybridized carbons (Fsp3) is 0.250. The van der Waals surface area contributed by atoms with E-state index >= 15 is 0 Å². The topological polar surface area (TPSA) is 33.5 Å². The Morgan fingerprint density at radius 3 is 2.88 bits per heavy atom. The zero-order valence-corrected chi connectivity index (χ0v) is 14.3. The average molecular weight is 340 g/mol. The zero-order valence-electron chi connectivity index (χ0n) is 13.5. The highest BCUT2D eigenvalue weighted by Gasteiger charge is 2.21. The third-order valence-corrected chi connectivity index (χ3v) is 5.17. The van der Waals surface area contributed by atoms with E-state index in [2.05, 4.69) is 18.2 Å². The summed E-state index contributed by atoms with van der Waals surface area (Å²) < 4.78 is 5.60. The first-order valence-electron chi connectivity index (χ1n) is 8.12. The number of furan rings is 1. The predicted octanol–water partition coefficient (Wildman–Crippen LogP) is 4.52. The van der Waals surface area contributed by atoms with Crippen LogP contribution in [0.3, 0.4) is 0 Å². The predicted molar refractivity (Wildman–Crippen MR) is 95.2 cm³/mol. The number of benzene rings is 2. The van der Waals surface area contributed by atoms with E-state index in [9.17, 15) is 4.79 Å². The van der Waals surface area contributed by atoms with Gasteiger partial charge in [0.05, 0.1) is 12.7 Å². The molecular formula is C20H18ClNO2. The van der Waals surface area contributed by atoms with E-state index in [1.807, 2.05) is 30.0 Å². The van der Waals surface area contributed by atoms with E-state index in [1.165, 1.54) is 11.1 Å². The third-order valence-electron chi connectivity index (χ3n) is 4.76. The number of hydrogen-bond acceptors (Lipinski definition) is 2. The van der Waals surface area contributed by atoms with Crippen LogP contribution in [0.15, 0.2) is 47.1 Å². The maximum Gasteiger partial charge on any atom is 0.227 e. The van der Waals surface area contributed by atoms with Gasteiger partial charge in [0.1, 0.15) is 5.58 Å². The van der Waals surface area contributed by atoms with E-state index in [1.54, 1.807) is 6.26 Å². The molecule has 24 heavy (non-hydrogen) atoms. The molecule has 1 aromatic heterocycles. The summed E-state index contributed by atoms with van der Waals surface area (Å²) >= 11 is 6.22. The molecular weight excluding hydrogens is 322 g/mol. The lowest BCUT2D eigenvalue weighted by molar-refractivity contribution is -0.131. The summed E-state index contributed by atoms with van der Waals surface area (Å²) in [5.74, 6) is 0.129. The molecule has 0 saturated heterocycles. The Bertz CT molecular complexity index is 929. The first kappa shape index (κ1) is 15.3. The van der Waals surface area contributed by atoms with Crippen molar-refractivity contribution in [3.8, 4) is 0 Å². The Kier molecular flexibility index (Phi) is 3.81. The van der Waals surface area contributed by atoms with Crippen molar-refractivity contribution in [2.45, 2.75) is 26.3 Å². The van der Waals surface area contributed by atoms with Gasteiger partial charge in [0.25, 0.3) is 0 Å². The van der Waals surface area contributed by atoms with Gasteiger partial charge in [-0.15, -0.1) is 0 Å². The monoisotopic (exact) mass is 339 g/mol. The van der Waals surface area contributed by atoms with Crippen LogP contribution >= 0.6 is 11.6 Å². The fourth-order valence-electron chi connectivity index (χ4n) is 3.32. The molecule has 0 atom stereocenters. The van der Waals surface area contributed by atoms with E-state index in [0.717, 1.165) is 35.1 Å². The largest absolute Gasteiger partial charge is 0.464 e. The van der Waals surface area contributed by atoms with Crippen LogP contribution < -0.4 is 0 Å². The third kappa shape index (κ3) is 2.69. The van der Waals surface area contributed by atoms with Gasteiger partial charge in [-0.2, -0.15) is 0 Å². The van der Waals surface area contributed by atoms with Gasteiger partial charge in [0.2, 0.25) is 5.91 Å². The van der Waals surface area contributed by atoms with E-state index in [-0.39, 0.29) is 5.91 Å². The van der Waals surface area contributed by atoms with Crippen molar-refractivity contribution in [1.29, 1.82) is 0 Å². The number of fused-ring (bicyclic) bond motifs is 2. The smallest absolute Gasteiger partial charge is 0.227 e. The van der Waals surface area contributed by atoms with Crippen LogP contribution in [0.1, 0.15) is 22.3 Å². The molecule has 2 aromatic carbocycles. The second-order valence-electron chi connectivity index (χ2n) is 6.37. The molecule has 1 amide bonds. The lowest BCUT2D eigenvalue weighted by atomic mass is 9.99. The molecule has 0 aliphatic carbocycles. The van der Waals surface area contributed by atoms with Crippen LogP contribution in [0.4, 0.5) is 0 Å². The Labute approximate surface area is 145 Å². The molecule has 0 radical (unpaired) electrons. The summed E-state index contributed by atoms with van der Waals surface area (Å²) in [6.45, 7) is 3.40. The highest BCUT2D eigenvalue weighted by molar-refractivity contribution is 6.32. The van der Waals surface area contributed by atoms with Gasteiger partial charge in [-0.1, -0.05) is 35.9 Å². The summed E-state index contributed by atoms with van der Waals surface area (Å²) in [6.07, 6.45) is 2.93. The summed E-state index contributed by atoms with van der Waals surface area (Å²) in [7, 11) is 0. The Morgan fingerprint density at radius 1 is 1.25 bits per heavy atom. The molecule has 2 heterocycles. The molecule has 1 aliphatic heterocycles. The number of amides is 1. The minimum atomic E-state index is 0.129. The van der Waals surface area contributed by atoms with E-state index < -0.39 is 0 Å². The summed E-state index contributed by atoms with van der Waals surface area (Å²) in [5.41, 5.74) is 5.24. The molecule has 1 aliphatic rings. The van der Waals surface area contributed by atoms with Crippen LogP contribution in [0.25, 0.3) is 11.0 Å². The molecule has 0 fully saturated rings.